The van der Waals surface area contributed by atoms with E-state index in [1.165, 1.54) is 0 Å². The van der Waals surface area contributed by atoms with Gasteiger partial charge in [-0.15, -0.1) is 13.2 Å². The Morgan fingerprint density at radius 3 is 2.31 bits per heavy atom. The fourth-order valence-corrected chi connectivity index (χ4v) is 1.74. The van der Waals surface area contributed by atoms with Crippen LogP contribution in [0.3, 0.4) is 0 Å². The van der Waals surface area contributed by atoms with Crippen LogP contribution in [0.1, 0.15) is 18.5 Å². The summed E-state index contributed by atoms with van der Waals surface area (Å²) in [6.07, 6.45) is 3.78. The van der Waals surface area contributed by atoms with Crippen molar-refractivity contribution >= 4 is 5.69 Å². The molecule has 0 spiro atoms. The largest absolute Gasteiger partial charge is 0.364 e. The highest BCUT2D eigenvalue weighted by atomic mass is 15.1. The van der Waals surface area contributed by atoms with Gasteiger partial charge in [0.05, 0.1) is 0 Å². The molecule has 0 aliphatic carbocycles. The Kier molecular flexibility index (Phi) is 4.80. The topological polar surface area (TPSA) is 29.3 Å². The zero-order valence-corrected chi connectivity index (χ0v) is 9.89. The first kappa shape index (κ1) is 12.5. The van der Waals surface area contributed by atoms with Crippen LogP contribution in [-0.2, 0) is 0 Å². The summed E-state index contributed by atoms with van der Waals surface area (Å²) in [5, 5.41) is 0. The Bertz CT molecular complexity index is 346. The predicted octanol–water partition coefficient (Wildman–Crippen LogP) is 2.88. The highest BCUT2D eigenvalue weighted by Crippen LogP contribution is 2.24. The van der Waals surface area contributed by atoms with Gasteiger partial charge in [-0.1, -0.05) is 30.4 Å². The summed E-state index contributed by atoms with van der Waals surface area (Å²) in [6.45, 7) is 11.2. The molecule has 0 amide bonds. The number of hydrogen-bond donors (Lipinski definition) is 1. The summed E-state index contributed by atoms with van der Waals surface area (Å²) in [7, 11) is 0. The van der Waals surface area contributed by atoms with Gasteiger partial charge in [0.15, 0.2) is 0 Å². The number of benzene rings is 1. The van der Waals surface area contributed by atoms with Gasteiger partial charge in [0.2, 0.25) is 0 Å². The average molecular weight is 216 g/mol. The van der Waals surface area contributed by atoms with Crippen molar-refractivity contribution in [3.63, 3.8) is 0 Å². The Hall–Kier alpha value is -1.54. The van der Waals surface area contributed by atoms with Gasteiger partial charge in [0, 0.05) is 24.8 Å². The number of rotatable bonds is 6. The van der Waals surface area contributed by atoms with E-state index in [2.05, 4.69) is 30.2 Å². The quantitative estimate of drug-likeness (QED) is 0.741. The molecule has 0 bridgehead atoms. The van der Waals surface area contributed by atoms with Crippen molar-refractivity contribution in [1.29, 1.82) is 0 Å². The standard InChI is InChI=1S/C14H20N2/c1-4-10-16(11-5-2)14-9-7-6-8-13(14)12(3)15/h4-9,12H,1-2,10-11,15H2,3H3/t12-/m0/s1. The third-order valence-electron chi connectivity index (χ3n) is 2.47. The van der Waals surface area contributed by atoms with Gasteiger partial charge in [-0.3, -0.25) is 0 Å². The molecule has 0 fully saturated rings. The van der Waals surface area contributed by atoms with Crippen LogP contribution >= 0.6 is 0 Å². The van der Waals surface area contributed by atoms with Gasteiger partial charge in [0.25, 0.3) is 0 Å². The maximum atomic E-state index is 5.97. The number of nitrogens with two attached hydrogens (primary N) is 1. The summed E-state index contributed by atoms with van der Waals surface area (Å²) < 4.78 is 0. The molecule has 0 saturated carbocycles. The fraction of sp³-hybridized carbons (Fsp3) is 0.286. The van der Waals surface area contributed by atoms with Gasteiger partial charge in [-0.25, -0.2) is 0 Å². The molecule has 2 heteroatoms. The molecular weight excluding hydrogens is 196 g/mol. The van der Waals surface area contributed by atoms with Gasteiger partial charge in [-0.2, -0.15) is 0 Å². The molecule has 0 heterocycles. The van der Waals surface area contributed by atoms with Crippen LogP contribution in [0.25, 0.3) is 0 Å². The lowest BCUT2D eigenvalue weighted by molar-refractivity contribution is 0.804. The molecule has 1 aromatic rings. The SMILES string of the molecule is C=CCN(CC=C)c1ccccc1[C@H](C)N. The number of nitrogens with zero attached hydrogens (tertiary/aromatic N) is 1. The van der Waals surface area contributed by atoms with Gasteiger partial charge in [-0.05, 0) is 18.6 Å². The number of hydrogen-bond acceptors (Lipinski definition) is 2. The molecule has 0 radical (unpaired) electrons. The summed E-state index contributed by atoms with van der Waals surface area (Å²) >= 11 is 0. The molecule has 0 aliphatic rings. The molecule has 1 aromatic carbocycles. The lowest BCUT2D eigenvalue weighted by Crippen LogP contribution is -2.25. The summed E-state index contributed by atoms with van der Waals surface area (Å²) in [6, 6.07) is 8.24. The van der Waals surface area contributed by atoms with E-state index in [1.54, 1.807) is 0 Å². The molecule has 16 heavy (non-hydrogen) atoms. The van der Waals surface area contributed by atoms with E-state index in [9.17, 15) is 0 Å². The normalized spacial score (nSPS) is 11.9. The zero-order valence-electron chi connectivity index (χ0n) is 9.89. The molecule has 2 N–H and O–H groups in total. The molecular formula is C14H20N2. The van der Waals surface area contributed by atoms with Crippen LogP contribution < -0.4 is 10.6 Å². The molecule has 0 saturated heterocycles. The first-order valence-electron chi connectivity index (χ1n) is 5.52. The first-order valence-corrected chi connectivity index (χ1v) is 5.52. The van der Waals surface area contributed by atoms with Gasteiger partial charge >= 0.3 is 0 Å². The van der Waals surface area contributed by atoms with E-state index in [0.717, 1.165) is 24.3 Å². The summed E-state index contributed by atoms with van der Waals surface area (Å²) in [5.41, 5.74) is 8.29. The second kappa shape index (κ2) is 6.13. The van der Waals surface area contributed by atoms with Crippen LogP contribution in [0.2, 0.25) is 0 Å². The van der Waals surface area contributed by atoms with Crippen molar-refractivity contribution in [3.8, 4) is 0 Å². The van der Waals surface area contributed by atoms with E-state index in [1.807, 2.05) is 31.2 Å². The molecule has 1 atom stereocenters. The smallest absolute Gasteiger partial charge is 0.0420 e. The highest BCUT2D eigenvalue weighted by Gasteiger charge is 2.10. The van der Waals surface area contributed by atoms with E-state index in [-0.39, 0.29) is 6.04 Å². The second-order valence-corrected chi connectivity index (χ2v) is 3.83. The molecule has 2 nitrogen and oxygen atoms in total. The van der Waals surface area contributed by atoms with Crippen LogP contribution in [0, 0.1) is 0 Å². The summed E-state index contributed by atoms with van der Waals surface area (Å²) in [5.74, 6) is 0. The van der Waals surface area contributed by atoms with E-state index in [0.29, 0.717) is 0 Å². The minimum atomic E-state index is 0.0355. The highest BCUT2D eigenvalue weighted by molar-refractivity contribution is 5.55. The molecule has 0 unspecified atom stereocenters. The minimum absolute atomic E-state index is 0.0355. The Labute approximate surface area is 98.1 Å². The van der Waals surface area contributed by atoms with Crippen LogP contribution in [0.15, 0.2) is 49.6 Å². The van der Waals surface area contributed by atoms with Gasteiger partial charge < -0.3 is 10.6 Å². The maximum Gasteiger partial charge on any atom is 0.0420 e. The third kappa shape index (κ3) is 2.97. The lowest BCUT2D eigenvalue weighted by atomic mass is 10.1. The Balaban J connectivity index is 3.06. The maximum absolute atomic E-state index is 5.97. The van der Waals surface area contributed by atoms with Crippen LogP contribution in [-0.4, -0.2) is 13.1 Å². The van der Waals surface area contributed by atoms with Crippen molar-refractivity contribution in [3.05, 3.63) is 55.1 Å². The Morgan fingerprint density at radius 1 is 1.25 bits per heavy atom. The third-order valence-corrected chi connectivity index (χ3v) is 2.47. The first-order chi connectivity index (χ1) is 7.70. The van der Waals surface area contributed by atoms with E-state index >= 15 is 0 Å². The van der Waals surface area contributed by atoms with Crippen molar-refractivity contribution in [2.24, 2.45) is 5.73 Å². The van der Waals surface area contributed by atoms with Crippen molar-refractivity contribution < 1.29 is 0 Å². The Morgan fingerprint density at radius 2 is 1.81 bits per heavy atom. The second-order valence-electron chi connectivity index (χ2n) is 3.83. The van der Waals surface area contributed by atoms with Crippen LogP contribution in [0.4, 0.5) is 5.69 Å². The lowest BCUT2D eigenvalue weighted by Gasteiger charge is -2.25. The predicted molar refractivity (Wildman–Crippen MR) is 71.7 cm³/mol. The van der Waals surface area contributed by atoms with Crippen molar-refractivity contribution in [2.45, 2.75) is 13.0 Å². The van der Waals surface area contributed by atoms with E-state index < -0.39 is 0 Å². The van der Waals surface area contributed by atoms with Crippen molar-refractivity contribution in [1.82, 2.24) is 0 Å². The monoisotopic (exact) mass is 216 g/mol. The van der Waals surface area contributed by atoms with Gasteiger partial charge in [0.1, 0.15) is 0 Å². The molecule has 0 aromatic heterocycles. The molecule has 86 valence electrons. The van der Waals surface area contributed by atoms with Crippen molar-refractivity contribution in [2.75, 3.05) is 18.0 Å². The average Bonchev–Trinajstić information content (AvgIpc) is 2.29. The number of para-hydroxylation sites is 1. The number of anilines is 1. The van der Waals surface area contributed by atoms with E-state index in [4.69, 9.17) is 5.73 Å². The zero-order chi connectivity index (χ0) is 12.0. The minimum Gasteiger partial charge on any atom is -0.364 e. The fourth-order valence-electron chi connectivity index (χ4n) is 1.74. The molecule has 1 rings (SSSR count). The van der Waals surface area contributed by atoms with Crippen LogP contribution in [0.5, 0.6) is 0 Å². The summed E-state index contributed by atoms with van der Waals surface area (Å²) in [4.78, 5) is 2.21. The molecule has 0 aliphatic heterocycles.